The molecule has 298 valence electrons. The van der Waals surface area contributed by atoms with E-state index in [-0.39, 0.29) is 41.6 Å². The molecule has 1 aromatic heterocycles. The molecule has 3 unspecified atom stereocenters. The number of nitrogens with zero attached hydrogens (tertiary/aromatic N) is 5. The number of aromatic nitrogens is 2. The van der Waals surface area contributed by atoms with Crippen LogP contribution in [0.4, 0.5) is 47.7 Å². The van der Waals surface area contributed by atoms with Gasteiger partial charge in [-0.1, -0.05) is 30.3 Å². The molecule has 6 heterocycles. The molecule has 0 aliphatic carbocycles. The Kier molecular flexibility index (Phi) is 10.6. The summed E-state index contributed by atoms with van der Waals surface area (Å²) in [5.74, 6) is 0.112. The zero-order chi connectivity index (χ0) is 39.7. The van der Waals surface area contributed by atoms with Gasteiger partial charge in [0.25, 0.3) is 0 Å². The van der Waals surface area contributed by atoms with E-state index in [1.165, 1.54) is 12.7 Å². The quantitative estimate of drug-likeness (QED) is 0.136. The van der Waals surface area contributed by atoms with Gasteiger partial charge in [0.1, 0.15) is 23.2 Å². The minimum atomic E-state index is -4.65. The number of fused-ring (bicyclic) bond motifs is 2. The molecule has 5 saturated heterocycles. The number of nitrogens with one attached hydrogen (secondary N) is 4. The number of para-hydroxylation sites is 1. The highest BCUT2D eigenvalue weighted by Crippen LogP contribution is 2.39. The van der Waals surface area contributed by atoms with E-state index in [1.807, 2.05) is 29.2 Å². The van der Waals surface area contributed by atoms with E-state index in [0.717, 1.165) is 49.9 Å². The van der Waals surface area contributed by atoms with Gasteiger partial charge < -0.3 is 30.5 Å². The number of rotatable bonds is 11. The van der Waals surface area contributed by atoms with Gasteiger partial charge in [-0.25, -0.2) is 4.98 Å². The summed E-state index contributed by atoms with van der Waals surface area (Å²) in [6.45, 7) is 3.45. The van der Waals surface area contributed by atoms with Crippen molar-refractivity contribution in [3.05, 3.63) is 90.1 Å². The summed E-state index contributed by atoms with van der Waals surface area (Å²) in [6.07, 6.45) is -0.221. The number of carbonyl (C=O) groups excluding carboxylic acids is 3. The monoisotopic (exact) mass is 783 g/mol. The lowest BCUT2D eigenvalue weighted by atomic mass is 9.86. The van der Waals surface area contributed by atoms with E-state index < -0.39 is 17.8 Å². The van der Waals surface area contributed by atoms with Gasteiger partial charge in [0.05, 0.1) is 31.4 Å². The number of piperidine rings is 3. The Bertz CT molecular complexity index is 2100. The van der Waals surface area contributed by atoms with E-state index in [4.69, 9.17) is 4.74 Å². The van der Waals surface area contributed by atoms with Gasteiger partial charge >= 0.3 is 6.18 Å². The number of benzene rings is 3. The van der Waals surface area contributed by atoms with Crippen molar-refractivity contribution in [2.24, 2.45) is 0 Å². The lowest BCUT2D eigenvalue weighted by Crippen LogP contribution is -2.71. The SMILES string of the molecule is COc1cc(N2CC3CC(C2)N3C(=O)CN2CCC(c3ccc(NC4CCC(=O)NC4=O)cc3)CC2)ccc1Nc1ncc(C(F)(F)F)c(Nc2ccccc2)n1. The van der Waals surface area contributed by atoms with Crippen LogP contribution in [0.15, 0.2) is 79.0 Å². The van der Waals surface area contributed by atoms with E-state index in [9.17, 15) is 27.6 Å². The number of alkyl halides is 3. The number of piperazine rings is 1. The molecular formula is C41H44F3N9O4. The number of imide groups is 1. The summed E-state index contributed by atoms with van der Waals surface area (Å²) in [5, 5.41) is 11.4. The van der Waals surface area contributed by atoms with Crippen molar-refractivity contribution in [3.8, 4) is 5.75 Å². The van der Waals surface area contributed by atoms with Crippen LogP contribution in [0.25, 0.3) is 0 Å². The van der Waals surface area contributed by atoms with Crippen molar-refractivity contribution in [1.29, 1.82) is 0 Å². The highest BCUT2D eigenvalue weighted by Gasteiger charge is 2.47. The fourth-order valence-corrected chi connectivity index (χ4v) is 8.31. The summed E-state index contributed by atoms with van der Waals surface area (Å²) in [6, 6.07) is 22.1. The van der Waals surface area contributed by atoms with Crippen molar-refractivity contribution in [3.63, 3.8) is 0 Å². The van der Waals surface area contributed by atoms with Gasteiger partial charge in [0, 0.05) is 48.8 Å². The third kappa shape index (κ3) is 8.45. The predicted octanol–water partition coefficient (Wildman–Crippen LogP) is 5.88. The number of methoxy groups -OCH3 is 1. The fraction of sp³-hybridized carbons (Fsp3) is 0.390. The Morgan fingerprint density at radius 3 is 2.35 bits per heavy atom. The van der Waals surface area contributed by atoms with Gasteiger partial charge in [-0.3, -0.25) is 24.6 Å². The third-order valence-corrected chi connectivity index (χ3v) is 11.3. The van der Waals surface area contributed by atoms with Crippen molar-refractivity contribution in [2.45, 2.75) is 62.3 Å². The summed E-state index contributed by atoms with van der Waals surface area (Å²) in [4.78, 5) is 51.8. The van der Waals surface area contributed by atoms with Crippen LogP contribution in [0.5, 0.6) is 5.75 Å². The molecule has 3 atom stereocenters. The molecule has 3 amide bonds. The molecule has 5 aliphatic rings. The molecule has 5 aliphatic heterocycles. The van der Waals surface area contributed by atoms with Crippen LogP contribution in [0.2, 0.25) is 0 Å². The number of carbonyl (C=O) groups is 3. The van der Waals surface area contributed by atoms with Gasteiger partial charge in [0.2, 0.25) is 23.7 Å². The Balaban J connectivity index is 0.832. The molecule has 9 rings (SSSR count). The third-order valence-electron chi connectivity index (χ3n) is 11.3. The first-order valence-corrected chi connectivity index (χ1v) is 19.2. The van der Waals surface area contributed by atoms with E-state index >= 15 is 0 Å². The summed E-state index contributed by atoms with van der Waals surface area (Å²) < 4.78 is 47.0. The molecular weight excluding hydrogens is 740 g/mol. The summed E-state index contributed by atoms with van der Waals surface area (Å²) >= 11 is 0. The van der Waals surface area contributed by atoms with Crippen LogP contribution in [-0.2, 0) is 20.6 Å². The largest absolute Gasteiger partial charge is 0.494 e. The topological polar surface area (TPSA) is 144 Å². The first-order valence-electron chi connectivity index (χ1n) is 19.2. The smallest absolute Gasteiger partial charge is 0.421 e. The van der Waals surface area contributed by atoms with Gasteiger partial charge in [-0.2, -0.15) is 18.2 Å². The Labute approximate surface area is 328 Å². The minimum absolute atomic E-state index is 0.0275. The second-order valence-electron chi connectivity index (χ2n) is 15.0. The zero-order valence-corrected chi connectivity index (χ0v) is 31.4. The second-order valence-corrected chi connectivity index (χ2v) is 15.0. The number of hydrogen-bond donors (Lipinski definition) is 4. The average Bonchev–Trinajstić information content (AvgIpc) is 3.20. The van der Waals surface area contributed by atoms with Gasteiger partial charge in [0.15, 0.2) is 0 Å². The molecule has 5 fully saturated rings. The minimum Gasteiger partial charge on any atom is -0.494 e. The normalized spacial score (nSPS) is 21.4. The Morgan fingerprint density at radius 1 is 0.930 bits per heavy atom. The molecule has 13 nitrogen and oxygen atoms in total. The summed E-state index contributed by atoms with van der Waals surface area (Å²) in [7, 11) is 1.52. The second kappa shape index (κ2) is 15.9. The van der Waals surface area contributed by atoms with E-state index in [0.29, 0.717) is 55.5 Å². The molecule has 4 aromatic rings. The zero-order valence-electron chi connectivity index (χ0n) is 31.4. The Hall–Kier alpha value is -5.90. The predicted molar refractivity (Wildman–Crippen MR) is 209 cm³/mol. The number of hydrogen-bond acceptors (Lipinski definition) is 11. The molecule has 3 aromatic carbocycles. The molecule has 0 radical (unpaired) electrons. The van der Waals surface area contributed by atoms with Crippen molar-refractivity contribution in [2.75, 3.05) is 60.7 Å². The van der Waals surface area contributed by atoms with Crippen LogP contribution in [0.3, 0.4) is 0 Å². The molecule has 0 saturated carbocycles. The van der Waals surface area contributed by atoms with Crippen LogP contribution in [-0.4, -0.2) is 95.4 Å². The fourth-order valence-electron chi connectivity index (χ4n) is 8.31. The van der Waals surface area contributed by atoms with Crippen molar-refractivity contribution < 1.29 is 32.3 Å². The van der Waals surface area contributed by atoms with Crippen LogP contribution in [0.1, 0.15) is 49.1 Å². The highest BCUT2D eigenvalue weighted by molar-refractivity contribution is 6.01. The van der Waals surface area contributed by atoms with Crippen LogP contribution in [0, 0.1) is 0 Å². The highest BCUT2D eigenvalue weighted by atomic mass is 19.4. The average molecular weight is 784 g/mol. The van der Waals surface area contributed by atoms with Crippen LogP contribution >= 0.6 is 0 Å². The summed E-state index contributed by atoms with van der Waals surface area (Å²) in [5.41, 5.74) is 2.97. The van der Waals surface area contributed by atoms with Gasteiger partial charge in [-0.15, -0.1) is 0 Å². The van der Waals surface area contributed by atoms with Crippen LogP contribution < -0.4 is 30.9 Å². The first kappa shape index (κ1) is 38.0. The van der Waals surface area contributed by atoms with Gasteiger partial charge in [-0.05, 0) is 86.7 Å². The maximum atomic E-state index is 13.8. The molecule has 57 heavy (non-hydrogen) atoms. The van der Waals surface area contributed by atoms with E-state index in [2.05, 4.69) is 53.2 Å². The van der Waals surface area contributed by atoms with Crippen molar-refractivity contribution >= 4 is 52.2 Å². The molecule has 16 heteroatoms. The number of amides is 3. The molecule has 2 bridgehead atoms. The molecule has 4 N–H and O–H groups in total. The lowest BCUT2D eigenvalue weighted by molar-refractivity contribution is -0.147. The number of halogens is 3. The maximum Gasteiger partial charge on any atom is 0.421 e. The number of anilines is 6. The molecule has 0 spiro atoms. The van der Waals surface area contributed by atoms with E-state index in [1.54, 1.807) is 36.4 Å². The lowest BCUT2D eigenvalue weighted by Gasteiger charge is -2.57. The first-order chi connectivity index (χ1) is 27.5. The Morgan fingerprint density at radius 2 is 1.67 bits per heavy atom. The number of likely N-dealkylation sites (tertiary alicyclic amines) is 1. The van der Waals surface area contributed by atoms with Crippen molar-refractivity contribution in [1.82, 2.24) is 25.1 Å². The maximum absolute atomic E-state index is 13.8. The standard InChI is InChI=1S/C41H44F3N9O4/c1-57-35-20-29(11-12-33(35)48-40-45-21-32(41(42,43)44)38(50-40)47-27-5-3-2-4-6-27)52-22-30-19-31(23-52)53(30)37(55)24-51-17-15-26(16-18-51)25-7-9-28(10-8-25)46-34-13-14-36(54)49-39(34)56/h2-12,20-21,26,30-31,34,46H,13-19,22-24H2,1H3,(H,49,54,56)(H2,45,47,48,50). The number of ether oxygens (including phenoxy) is 1.